The van der Waals surface area contributed by atoms with Crippen molar-refractivity contribution in [1.82, 2.24) is 5.43 Å². The first kappa shape index (κ1) is 12.1. The second-order valence-corrected chi connectivity index (χ2v) is 5.12. The van der Waals surface area contributed by atoms with Gasteiger partial charge in [-0.3, -0.25) is 11.3 Å². The van der Waals surface area contributed by atoms with Gasteiger partial charge < -0.3 is 0 Å². The number of hydrogen-bond acceptors (Lipinski definition) is 3. The smallest absolute Gasteiger partial charge is 0.0554 e. The van der Waals surface area contributed by atoms with E-state index in [0.29, 0.717) is 0 Å². The van der Waals surface area contributed by atoms with Crippen molar-refractivity contribution < 1.29 is 0 Å². The number of hydrazine groups is 1. The zero-order valence-electron chi connectivity index (χ0n) is 9.65. The number of fused-ring (bicyclic) bond motifs is 1. The highest BCUT2D eigenvalue weighted by atomic mass is 32.1. The van der Waals surface area contributed by atoms with Crippen molar-refractivity contribution in [2.24, 2.45) is 5.84 Å². The van der Waals surface area contributed by atoms with Gasteiger partial charge in [0, 0.05) is 16.0 Å². The van der Waals surface area contributed by atoms with E-state index in [1.165, 1.54) is 15.0 Å². The van der Waals surface area contributed by atoms with E-state index in [4.69, 9.17) is 12.3 Å². The maximum atomic E-state index is 5.61. The average Bonchev–Trinajstić information content (AvgIpc) is 2.78. The molecule has 0 radical (unpaired) electrons. The van der Waals surface area contributed by atoms with Gasteiger partial charge in [0.15, 0.2) is 0 Å². The van der Waals surface area contributed by atoms with E-state index in [9.17, 15) is 0 Å². The zero-order chi connectivity index (χ0) is 12.1. The van der Waals surface area contributed by atoms with Crippen molar-refractivity contribution in [1.29, 1.82) is 0 Å². The molecule has 3 heteroatoms. The molecule has 3 N–H and O–H groups in total. The number of nitrogens with one attached hydrogen (secondary N) is 1. The van der Waals surface area contributed by atoms with Crippen molar-refractivity contribution in [3.63, 3.8) is 0 Å². The summed E-state index contributed by atoms with van der Waals surface area (Å²) in [7, 11) is 0. The Hall–Kier alpha value is -1.34. The lowest BCUT2D eigenvalue weighted by Crippen LogP contribution is -2.27. The summed E-state index contributed by atoms with van der Waals surface area (Å²) in [5, 5.41) is 1.28. The Bertz CT molecular complexity index is 491. The van der Waals surface area contributed by atoms with Gasteiger partial charge in [-0.1, -0.05) is 18.2 Å². The summed E-state index contributed by atoms with van der Waals surface area (Å²) in [6, 6.07) is 10.8. The Morgan fingerprint density at radius 2 is 2.24 bits per heavy atom. The van der Waals surface area contributed by atoms with Crippen LogP contribution >= 0.6 is 11.3 Å². The van der Waals surface area contributed by atoms with Crippen LogP contribution in [0.25, 0.3) is 10.1 Å². The number of hydrogen-bond donors (Lipinski definition) is 2. The quantitative estimate of drug-likeness (QED) is 0.367. The lowest BCUT2D eigenvalue weighted by atomic mass is 10.1. The molecule has 0 saturated heterocycles. The van der Waals surface area contributed by atoms with E-state index in [1.807, 2.05) is 0 Å². The van der Waals surface area contributed by atoms with Crippen molar-refractivity contribution in [3.05, 3.63) is 35.2 Å². The normalized spacial score (nSPS) is 12.5. The Balaban J connectivity index is 2.16. The third kappa shape index (κ3) is 2.86. The highest BCUT2D eigenvalue weighted by Gasteiger charge is 2.12. The van der Waals surface area contributed by atoms with Crippen LogP contribution in [0.4, 0.5) is 0 Å². The maximum Gasteiger partial charge on any atom is 0.0554 e. The van der Waals surface area contributed by atoms with E-state index < -0.39 is 0 Å². The van der Waals surface area contributed by atoms with E-state index >= 15 is 0 Å². The summed E-state index contributed by atoms with van der Waals surface area (Å²) in [6.45, 7) is 0. The fraction of sp³-hybridized carbons (Fsp3) is 0.286. The molecule has 0 saturated carbocycles. The molecule has 17 heavy (non-hydrogen) atoms. The first-order valence-corrected chi connectivity index (χ1v) is 6.55. The topological polar surface area (TPSA) is 38.0 Å². The predicted molar refractivity (Wildman–Crippen MR) is 74.6 cm³/mol. The molecule has 2 aromatic rings. The van der Waals surface area contributed by atoms with Crippen LogP contribution in [0.2, 0.25) is 0 Å². The molecule has 0 bridgehead atoms. The van der Waals surface area contributed by atoms with Crippen molar-refractivity contribution in [2.45, 2.75) is 25.3 Å². The van der Waals surface area contributed by atoms with Gasteiger partial charge in [0.25, 0.3) is 0 Å². The predicted octanol–water partition coefficient (Wildman–Crippen LogP) is 3.21. The molecular formula is C14H16N2S. The Morgan fingerprint density at radius 1 is 1.41 bits per heavy atom. The van der Waals surface area contributed by atoms with Crippen LogP contribution in [0, 0.1) is 12.3 Å². The monoisotopic (exact) mass is 244 g/mol. The van der Waals surface area contributed by atoms with Gasteiger partial charge >= 0.3 is 0 Å². The number of benzene rings is 1. The van der Waals surface area contributed by atoms with Crippen LogP contribution in [-0.4, -0.2) is 0 Å². The molecule has 0 aliphatic rings. The number of thiophene rings is 1. The van der Waals surface area contributed by atoms with E-state index in [0.717, 1.165) is 19.3 Å². The molecular weight excluding hydrogens is 228 g/mol. The first-order chi connectivity index (χ1) is 8.35. The van der Waals surface area contributed by atoms with E-state index in [1.54, 1.807) is 11.3 Å². The van der Waals surface area contributed by atoms with Crippen LogP contribution in [-0.2, 0) is 0 Å². The van der Waals surface area contributed by atoms with Gasteiger partial charge in [-0.15, -0.1) is 23.7 Å². The fourth-order valence-electron chi connectivity index (χ4n) is 1.89. The minimum atomic E-state index is 0.209. The zero-order valence-corrected chi connectivity index (χ0v) is 10.5. The maximum absolute atomic E-state index is 5.61. The van der Waals surface area contributed by atoms with Crippen LogP contribution in [0.3, 0.4) is 0 Å². The van der Waals surface area contributed by atoms with Crippen LogP contribution < -0.4 is 11.3 Å². The molecule has 1 heterocycles. The molecule has 88 valence electrons. The van der Waals surface area contributed by atoms with Crippen molar-refractivity contribution >= 4 is 21.4 Å². The largest absolute Gasteiger partial charge is 0.271 e. The minimum Gasteiger partial charge on any atom is -0.271 e. The lowest BCUT2D eigenvalue weighted by Gasteiger charge is -2.12. The molecule has 0 aliphatic heterocycles. The van der Waals surface area contributed by atoms with Crippen LogP contribution in [0.5, 0.6) is 0 Å². The molecule has 0 amide bonds. The minimum absolute atomic E-state index is 0.209. The van der Waals surface area contributed by atoms with Gasteiger partial charge in [-0.2, -0.15) is 0 Å². The SMILES string of the molecule is C#CCCCC(NN)c1cc2ccccc2s1. The number of terminal acetylenes is 1. The van der Waals surface area contributed by atoms with Gasteiger partial charge in [0.2, 0.25) is 0 Å². The Kier molecular flexibility index (Phi) is 4.16. The van der Waals surface area contributed by atoms with Crippen molar-refractivity contribution in [3.8, 4) is 12.3 Å². The highest BCUT2D eigenvalue weighted by molar-refractivity contribution is 7.19. The number of unbranched alkanes of at least 4 members (excludes halogenated alkanes) is 1. The van der Waals surface area contributed by atoms with Gasteiger partial charge in [0.05, 0.1) is 6.04 Å². The summed E-state index contributed by atoms with van der Waals surface area (Å²) < 4.78 is 1.31. The third-order valence-electron chi connectivity index (χ3n) is 2.80. The number of nitrogens with two attached hydrogens (primary N) is 1. The molecule has 0 aliphatic carbocycles. The molecule has 1 aromatic carbocycles. The number of rotatable bonds is 5. The second-order valence-electron chi connectivity index (χ2n) is 4.00. The summed E-state index contributed by atoms with van der Waals surface area (Å²) >= 11 is 1.79. The van der Waals surface area contributed by atoms with Gasteiger partial charge in [-0.25, -0.2) is 0 Å². The van der Waals surface area contributed by atoms with Crippen LogP contribution in [0.1, 0.15) is 30.2 Å². The Labute approximate surface area is 106 Å². The second kappa shape index (κ2) is 5.83. The van der Waals surface area contributed by atoms with E-state index in [2.05, 4.69) is 41.7 Å². The highest BCUT2D eigenvalue weighted by Crippen LogP contribution is 2.31. The first-order valence-electron chi connectivity index (χ1n) is 5.73. The summed E-state index contributed by atoms with van der Waals surface area (Å²) in [4.78, 5) is 1.28. The summed E-state index contributed by atoms with van der Waals surface area (Å²) in [5.41, 5.74) is 2.88. The van der Waals surface area contributed by atoms with Crippen LogP contribution in [0.15, 0.2) is 30.3 Å². The molecule has 0 spiro atoms. The molecule has 1 aromatic heterocycles. The van der Waals surface area contributed by atoms with Crippen molar-refractivity contribution in [2.75, 3.05) is 0 Å². The molecule has 1 atom stereocenters. The average molecular weight is 244 g/mol. The molecule has 1 unspecified atom stereocenters. The third-order valence-corrected chi connectivity index (χ3v) is 4.03. The standard InChI is InChI=1S/C14H16N2S/c1-2-3-4-8-12(16-15)14-10-11-7-5-6-9-13(11)17-14/h1,5-7,9-10,12,16H,3-4,8,15H2. The molecule has 2 rings (SSSR count). The summed E-state index contributed by atoms with van der Waals surface area (Å²) in [6.07, 6.45) is 8.05. The fourth-order valence-corrected chi connectivity index (χ4v) is 3.05. The molecule has 2 nitrogen and oxygen atoms in total. The Morgan fingerprint density at radius 3 is 2.94 bits per heavy atom. The summed E-state index contributed by atoms with van der Waals surface area (Å²) in [5.74, 6) is 8.27. The molecule has 0 fully saturated rings. The lowest BCUT2D eigenvalue weighted by molar-refractivity contribution is 0.510. The van der Waals surface area contributed by atoms with Gasteiger partial charge in [-0.05, 0) is 30.4 Å². The van der Waals surface area contributed by atoms with Gasteiger partial charge in [0.1, 0.15) is 0 Å². The van der Waals surface area contributed by atoms with E-state index in [-0.39, 0.29) is 6.04 Å².